The molecule has 8 nitrogen and oxygen atoms in total. The summed E-state index contributed by atoms with van der Waals surface area (Å²) in [5.74, 6) is -2.14. The number of nitrogens with one attached hydrogen (secondary N) is 1. The van der Waals surface area contributed by atoms with Gasteiger partial charge in [0.15, 0.2) is 10.9 Å². The summed E-state index contributed by atoms with van der Waals surface area (Å²) in [6.07, 6.45) is -1.97. The summed E-state index contributed by atoms with van der Waals surface area (Å²) >= 11 is 0.755. The highest BCUT2D eigenvalue weighted by Gasteiger charge is 2.45. The van der Waals surface area contributed by atoms with Gasteiger partial charge in [0, 0.05) is 23.1 Å². The normalized spacial score (nSPS) is 17.8. The molecular formula is C27H27F5N6O2S. The molecule has 0 spiro atoms. The number of aliphatic hydroxyl groups excluding tert-OH is 1. The van der Waals surface area contributed by atoms with E-state index in [-0.39, 0.29) is 56.8 Å². The first kappa shape index (κ1) is 27.8. The maximum atomic E-state index is 16.4. The van der Waals surface area contributed by atoms with Gasteiger partial charge in [-0.1, -0.05) is 11.3 Å². The molecule has 4 heterocycles. The molecule has 218 valence electrons. The van der Waals surface area contributed by atoms with Gasteiger partial charge in [-0.3, -0.25) is 4.90 Å². The zero-order chi connectivity index (χ0) is 29.1. The number of rotatable bonds is 7. The molecular weight excluding hydrogens is 567 g/mol. The third kappa shape index (κ3) is 4.91. The molecule has 1 atom stereocenters. The minimum absolute atomic E-state index is 0.0648. The van der Waals surface area contributed by atoms with E-state index in [1.54, 1.807) is 0 Å². The van der Waals surface area contributed by atoms with Crippen LogP contribution in [0.5, 0.6) is 6.01 Å². The maximum Gasteiger partial charge on any atom is 0.417 e. The van der Waals surface area contributed by atoms with Gasteiger partial charge in [0.25, 0.3) is 0 Å². The second kappa shape index (κ2) is 10.2. The van der Waals surface area contributed by atoms with E-state index in [0.717, 1.165) is 68.3 Å². The zero-order valence-corrected chi connectivity index (χ0v) is 22.8. The van der Waals surface area contributed by atoms with Crippen LogP contribution in [0.1, 0.15) is 38.2 Å². The van der Waals surface area contributed by atoms with Gasteiger partial charge >= 0.3 is 12.2 Å². The number of alkyl halides is 3. The molecule has 0 bridgehead atoms. The van der Waals surface area contributed by atoms with Crippen molar-refractivity contribution in [1.29, 1.82) is 0 Å². The Balaban J connectivity index is 1.54. The molecule has 4 aromatic rings. The highest BCUT2D eigenvalue weighted by Crippen LogP contribution is 2.46. The van der Waals surface area contributed by atoms with Crippen molar-refractivity contribution in [3.05, 3.63) is 35.4 Å². The van der Waals surface area contributed by atoms with Crippen LogP contribution in [-0.2, 0) is 6.18 Å². The Bertz CT molecular complexity index is 1630. The fourth-order valence-corrected chi connectivity index (χ4v) is 6.75. The molecule has 0 aliphatic carbocycles. The number of benzene rings is 2. The largest absolute Gasteiger partial charge is 0.461 e. The molecule has 2 aromatic carbocycles. The molecule has 1 unspecified atom stereocenters. The van der Waals surface area contributed by atoms with E-state index in [0.29, 0.717) is 0 Å². The average Bonchev–Trinajstić information content (AvgIpc) is 3.60. The van der Waals surface area contributed by atoms with E-state index in [1.165, 1.54) is 6.92 Å². The van der Waals surface area contributed by atoms with Crippen molar-refractivity contribution in [3.8, 4) is 17.1 Å². The molecule has 41 heavy (non-hydrogen) atoms. The Morgan fingerprint density at radius 3 is 2.56 bits per heavy atom. The van der Waals surface area contributed by atoms with Crippen molar-refractivity contribution in [2.75, 3.05) is 37.3 Å². The van der Waals surface area contributed by atoms with Crippen molar-refractivity contribution >= 4 is 43.4 Å². The summed E-state index contributed by atoms with van der Waals surface area (Å²) in [6, 6.07) is 2.55. The third-order valence-electron chi connectivity index (χ3n) is 7.84. The first-order chi connectivity index (χ1) is 19.5. The lowest BCUT2D eigenvalue weighted by Crippen LogP contribution is -2.43. The number of thiazole rings is 1. The lowest BCUT2D eigenvalue weighted by atomic mass is 9.95. The summed E-state index contributed by atoms with van der Waals surface area (Å²) in [5, 5.41) is 12.3. The molecule has 0 amide bonds. The highest BCUT2D eigenvalue weighted by molar-refractivity contribution is 7.22. The van der Waals surface area contributed by atoms with Gasteiger partial charge in [0.2, 0.25) is 0 Å². The Hall–Kier alpha value is -3.36. The summed E-state index contributed by atoms with van der Waals surface area (Å²) in [5.41, 5.74) is 2.53. The number of fused-ring (bicyclic) bond motifs is 3. The second-order valence-electron chi connectivity index (χ2n) is 10.6. The van der Waals surface area contributed by atoms with Crippen LogP contribution in [0.25, 0.3) is 32.2 Å². The summed E-state index contributed by atoms with van der Waals surface area (Å²) in [4.78, 5) is 14.9. The second-order valence-corrected chi connectivity index (χ2v) is 11.7. The number of hydrogen-bond acceptors (Lipinski definition) is 9. The SMILES string of the molecule is CC(O)CNc1nc(OCC23CCCN2CCC3)nc2c(F)c(-c3ccc(F)c4sc(N)nc34)c(C(F)(F)F)cc12. The lowest BCUT2D eigenvalue weighted by molar-refractivity contribution is -0.137. The number of aliphatic hydroxyl groups is 1. The van der Waals surface area contributed by atoms with Crippen LogP contribution in [0.3, 0.4) is 0 Å². The van der Waals surface area contributed by atoms with Crippen LogP contribution in [0.15, 0.2) is 18.2 Å². The van der Waals surface area contributed by atoms with Gasteiger partial charge in [-0.2, -0.15) is 23.1 Å². The van der Waals surface area contributed by atoms with Crippen molar-refractivity contribution in [2.24, 2.45) is 0 Å². The molecule has 6 rings (SSSR count). The minimum atomic E-state index is -5.00. The number of aromatic nitrogens is 3. The predicted molar refractivity (Wildman–Crippen MR) is 146 cm³/mol. The lowest BCUT2D eigenvalue weighted by Gasteiger charge is -2.31. The van der Waals surface area contributed by atoms with Crippen LogP contribution >= 0.6 is 11.3 Å². The molecule has 2 saturated heterocycles. The number of hydrogen-bond donors (Lipinski definition) is 3. The van der Waals surface area contributed by atoms with Crippen molar-refractivity contribution in [3.63, 3.8) is 0 Å². The monoisotopic (exact) mass is 594 g/mol. The van der Waals surface area contributed by atoms with E-state index in [4.69, 9.17) is 10.5 Å². The number of nitrogens with two attached hydrogens (primary N) is 1. The standard InChI is InChI=1S/C27H27F5N6O2S/c1-13(39)11-34-23-15-10-16(27(30,31)32)18(14-4-5-17(28)22-21(14)35-24(33)41-22)19(29)20(15)36-25(37-23)40-12-26-6-2-8-38(26)9-3-7-26/h4-5,10,13,39H,2-3,6-9,11-12H2,1H3,(H2,33,35)(H,34,36,37). The Morgan fingerprint density at radius 1 is 1.15 bits per heavy atom. The van der Waals surface area contributed by atoms with Crippen LogP contribution in [0, 0.1) is 11.6 Å². The Kier molecular flexibility index (Phi) is 6.90. The number of nitrogen functional groups attached to an aromatic ring is 1. The summed E-state index contributed by atoms with van der Waals surface area (Å²) < 4.78 is 80.2. The van der Waals surface area contributed by atoms with Gasteiger partial charge < -0.3 is 20.9 Å². The van der Waals surface area contributed by atoms with Crippen LogP contribution in [0.2, 0.25) is 0 Å². The molecule has 0 saturated carbocycles. The fraction of sp³-hybridized carbons (Fsp3) is 0.444. The van der Waals surface area contributed by atoms with E-state index in [9.17, 15) is 22.7 Å². The Labute approximate surface area is 235 Å². The van der Waals surface area contributed by atoms with Gasteiger partial charge in [0.1, 0.15) is 23.8 Å². The summed E-state index contributed by atoms with van der Waals surface area (Å²) in [7, 11) is 0. The average molecular weight is 595 g/mol. The number of ether oxygens (including phenoxy) is 1. The molecule has 2 fully saturated rings. The van der Waals surface area contributed by atoms with Gasteiger partial charge in [0.05, 0.1) is 27.4 Å². The van der Waals surface area contributed by atoms with Gasteiger partial charge in [-0.15, -0.1) is 0 Å². The predicted octanol–water partition coefficient (Wildman–Crippen LogP) is 5.59. The van der Waals surface area contributed by atoms with E-state index >= 15 is 4.39 Å². The number of halogens is 5. The van der Waals surface area contributed by atoms with E-state index in [2.05, 4.69) is 25.2 Å². The molecule has 4 N–H and O–H groups in total. The third-order valence-corrected chi connectivity index (χ3v) is 8.74. The molecule has 2 aromatic heterocycles. The fourth-order valence-electron chi connectivity index (χ4n) is 5.99. The first-order valence-corrected chi connectivity index (χ1v) is 14.0. The quantitative estimate of drug-likeness (QED) is 0.238. The van der Waals surface area contributed by atoms with Crippen molar-refractivity contribution in [1.82, 2.24) is 19.9 Å². The van der Waals surface area contributed by atoms with Crippen molar-refractivity contribution < 1.29 is 31.8 Å². The van der Waals surface area contributed by atoms with E-state index in [1.807, 2.05) is 0 Å². The maximum absolute atomic E-state index is 16.4. The smallest absolute Gasteiger partial charge is 0.417 e. The topological polar surface area (TPSA) is 109 Å². The number of nitrogens with zero attached hydrogens (tertiary/aromatic N) is 4. The molecule has 0 radical (unpaired) electrons. The van der Waals surface area contributed by atoms with Gasteiger partial charge in [-0.25, -0.2) is 13.8 Å². The summed E-state index contributed by atoms with van der Waals surface area (Å²) in [6.45, 7) is 3.58. The van der Waals surface area contributed by atoms with Crippen LogP contribution in [-0.4, -0.2) is 62.8 Å². The first-order valence-electron chi connectivity index (χ1n) is 13.2. The Morgan fingerprint density at radius 2 is 1.88 bits per heavy atom. The molecule has 14 heteroatoms. The van der Waals surface area contributed by atoms with E-state index < -0.39 is 40.6 Å². The number of anilines is 2. The molecule has 2 aliphatic rings. The van der Waals surface area contributed by atoms with Crippen molar-refractivity contribution in [2.45, 2.75) is 50.4 Å². The van der Waals surface area contributed by atoms with Crippen LogP contribution in [0.4, 0.5) is 32.9 Å². The van der Waals surface area contributed by atoms with Gasteiger partial charge in [-0.05, 0) is 63.9 Å². The van der Waals surface area contributed by atoms with Crippen LogP contribution < -0.4 is 15.8 Å². The molecule has 2 aliphatic heterocycles. The zero-order valence-electron chi connectivity index (χ0n) is 22.0. The highest BCUT2D eigenvalue weighted by atomic mass is 32.1. The minimum Gasteiger partial charge on any atom is -0.461 e.